The Hall–Kier alpha value is -0.910. The fourth-order valence-corrected chi connectivity index (χ4v) is 2.20. The second-order valence-corrected chi connectivity index (χ2v) is 4.97. The van der Waals surface area contributed by atoms with E-state index in [1.807, 2.05) is 0 Å². The van der Waals surface area contributed by atoms with Crippen LogP contribution in [0.1, 0.15) is 0 Å². The summed E-state index contributed by atoms with van der Waals surface area (Å²) in [5, 5.41) is 0.352. The Balaban J connectivity index is 2.74. The number of hydrogen-bond donors (Lipinski definition) is 0. The van der Waals surface area contributed by atoms with Crippen molar-refractivity contribution >= 4 is 51.9 Å². The number of esters is 1. The second kappa shape index (κ2) is 6.87. The third-order valence-electron chi connectivity index (χ3n) is 2.11. The highest BCUT2D eigenvalue weighted by molar-refractivity contribution is 8.14. The summed E-state index contributed by atoms with van der Waals surface area (Å²) in [6.45, 7) is 0. The number of anilines is 1. The SMILES string of the molecule is COC(=O)CSC(=O)N(C)c1cccc(Cl)c1Cl. The van der Waals surface area contributed by atoms with Crippen molar-refractivity contribution in [1.82, 2.24) is 0 Å². The molecule has 0 saturated heterocycles. The molecule has 1 rings (SSSR count). The summed E-state index contributed by atoms with van der Waals surface area (Å²) in [5.74, 6) is -0.503. The molecule has 0 N–H and O–H groups in total. The molecule has 0 aliphatic heterocycles. The van der Waals surface area contributed by atoms with Crippen LogP contribution >= 0.6 is 35.0 Å². The van der Waals surface area contributed by atoms with Gasteiger partial charge in [-0.15, -0.1) is 0 Å². The Morgan fingerprint density at radius 1 is 1.39 bits per heavy atom. The van der Waals surface area contributed by atoms with Gasteiger partial charge < -0.3 is 9.64 Å². The Bertz CT molecular complexity index is 468. The highest BCUT2D eigenvalue weighted by Gasteiger charge is 2.17. The van der Waals surface area contributed by atoms with E-state index in [-0.39, 0.29) is 11.0 Å². The summed E-state index contributed by atoms with van der Waals surface area (Å²) >= 11 is 12.7. The number of thioether (sulfide) groups is 1. The maximum Gasteiger partial charge on any atom is 0.316 e. The average Bonchev–Trinajstić information content (AvgIpc) is 2.37. The first kappa shape index (κ1) is 15.1. The summed E-state index contributed by atoms with van der Waals surface area (Å²) in [6.07, 6.45) is 0. The molecule has 0 heterocycles. The predicted molar refractivity (Wildman–Crippen MR) is 74.7 cm³/mol. The highest BCUT2D eigenvalue weighted by Crippen LogP contribution is 2.32. The van der Waals surface area contributed by atoms with E-state index in [0.717, 1.165) is 11.8 Å². The fourth-order valence-electron chi connectivity index (χ4n) is 1.13. The Morgan fingerprint density at radius 3 is 2.67 bits per heavy atom. The van der Waals surface area contributed by atoms with Crippen molar-refractivity contribution < 1.29 is 14.3 Å². The lowest BCUT2D eigenvalue weighted by atomic mass is 10.3. The van der Waals surface area contributed by atoms with E-state index < -0.39 is 5.97 Å². The van der Waals surface area contributed by atoms with Crippen molar-refractivity contribution in [1.29, 1.82) is 0 Å². The molecule has 0 aliphatic carbocycles. The first-order valence-corrected chi connectivity index (χ1v) is 6.62. The van der Waals surface area contributed by atoms with Crippen LogP contribution in [0.3, 0.4) is 0 Å². The number of carbonyl (C=O) groups is 2. The second-order valence-electron chi connectivity index (χ2n) is 3.26. The fraction of sp³-hybridized carbons (Fsp3) is 0.273. The van der Waals surface area contributed by atoms with Crippen molar-refractivity contribution in [3.05, 3.63) is 28.2 Å². The van der Waals surface area contributed by atoms with Gasteiger partial charge in [0.25, 0.3) is 5.24 Å². The van der Waals surface area contributed by atoms with Crippen LogP contribution in [0.5, 0.6) is 0 Å². The van der Waals surface area contributed by atoms with Gasteiger partial charge in [-0.25, -0.2) is 0 Å². The van der Waals surface area contributed by atoms with Gasteiger partial charge in [-0.1, -0.05) is 41.0 Å². The lowest BCUT2D eigenvalue weighted by Gasteiger charge is -2.18. The van der Waals surface area contributed by atoms with Crippen LogP contribution in [0, 0.1) is 0 Å². The van der Waals surface area contributed by atoms with Gasteiger partial charge in [-0.05, 0) is 12.1 Å². The van der Waals surface area contributed by atoms with Gasteiger partial charge >= 0.3 is 5.97 Å². The van der Waals surface area contributed by atoms with Crippen molar-refractivity contribution in [2.75, 3.05) is 24.8 Å². The molecule has 1 aromatic carbocycles. The topological polar surface area (TPSA) is 46.6 Å². The first-order valence-electron chi connectivity index (χ1n) is 4.88. The molecule has 0 bridgehead atoms. The number of nitrogens with zero attached hydrogens (tertiary/aromatic N) is 1. The molecule has 0 spiro atoms. The number of benzene rings is 1. The van der Waals surface area contributed by atoms with Gasteiger partial charge in [0.05, 0.1) is 22.8 Å². The number of amides is 1. The minimum atomic E-state index is -0.459. The van der Waals surface area contributed by atoms with Crippen molar-refractivity contribution in [3.8, 4) is 0 Å². The normalized spacial score (nSPS) is 10.0. The summed E-state index contributed by atoms with van der Waals surface area (Å²) in [5.41, 5.74) is 0.492. The zero-order valence-corrected chi connectivity index (χ0v) is 12.1. The lowest BCUT2D eigenvalue weighted by Crippen LogP contribution is -2.23. The predicted octanol–water partition coefficient (Wildman–Crippen LogP) is 3.46. The van der Waals surface area contributed by atoms with Crippen LogP contribution in [0.2, 0.25) is 10.0 Å². The molecule has 0 unspecified atom stereocenters. The number of halogens is 2. The summed E-state index contributed by atoms with van der Waals surface area (Å²) < 4.78 is 4.45. The van der Waals surface area contributed by atoms with Gasteiger partial charge in [0.1, 0.15) is 5.75 Å². The van der Waals surface area contributed by atoms with E-state index >= 15 is 0 Å². The van der Waals surface area contributed by atoms with E-state index in [1.54, 1.807) is 25.2 Å². The van der Waals surface area contributed by atoms with Gasteiger partial charge in [0, 0.05) is 7.05 Å². The third kappa shape index (κ3) is 3.80. The molecule has 0 saturated carbocycles. The number of methoxy groups -OCH3 is 1. The summed E-state index contributed by atoms with van der Waals surface area (Å²) in [6, 6.07) is 5.00. The largest absolute Gasteiger partial charge is 0.468 e. The Morgan fingerprint density at radius 2 is 2.06 bits per heavy atom. The quantitative estimate of drug-likeness (QED) is 0.802. The molecule has 0 aliphatic rings. The van der Waals surface area contributed by atoms with Crippen LogP contribution in [0.25, 0.3) is 0 Å². The molecule has 7 heteroatoms. The molecule has 1 aromatic rings. The molecule has 4 nitrogen and oxygen atoms in total. The number of carbonyl (C=O) groups excluding carboxylic acids is 2. The molecule has 1 amide bonds. The molecular formula is C11H11Cl2NO3S. The first-order chi connectivity index (χ1) is 8.47. The maximum atomic E-state index is 11.8. The van der Waals surface area contributed by atoms with E-state index in [4.69, 9.17) is 23.2 Å². The van der Waals surface area contributed by atoms with E-state index in [0.29, 0.717) is 15.7 Å². The number of hydrogen-bond acceptors (Lipinski definition) is 4. The van der Waals surface area contributed by atoms with E-state index in [9.17, 15) is 9.59 Å². The average molecular weight is 308 g/mol. The minimum absolute atomic E-state index is 0.0438. The molecule has 0 fully saturated rings. The zero-order chi connectivity index (χ0) is 13.7. The van der Waals surface area contributed by atoms with Gasteiger partial charge in [0.2, 0.25) is 0 Å². The summed E-state index contributed by atoms with van der Waals surface area (Å²) in [4.78, 5) is 24.1. The number of ether oxygens (including phenoxy) is 1. The van der Waals surface area contributed by atoms with Crippen LogP contribution in [0.15, 0.2) is 18.2 Å². The summed E-state index contributed by atoms with van der Waals surface area (Å²) in [7, 11) is 2.83. The molecule has 98 valence electrons. The smallest absolute Gasteiger partial charge is 0.316 e. The van der Waals surface area contributed by atoms with Crippen LogP contribution in [-0.4, -0.2) is 31.1 Å². The van der Waals surface area contributed by atoms with Crippen molar-refractivity contribution in [2.45, 2.75) is 0 Å². The standard InChI is InChI=1S/C11H11Cl2NO3S/c1-14(11(16)18-6-9(15)17-2)8-5-3-4-7(12)10(8)13/h3-5H,6H2,1-2H3. The van der Waals surface area contributed by atoms with Crippen LogP contribution < -0.4 is 4.90 Å². The van der Waals surface area contributed by atoms with Gasteiger partial charge in [-0.3, -0.25) is 9.59 Å². The van der Waals surface area contributed by atoms with Crippen LogP contribution in [0.4, 0.5) is 10.5 Å². The zero-order valence-electron chi connectivity index (χ0n) is 9.78. The Kier molecular flexibility index (Phi) is 5.78. The highest BCUT2D eigenvalue weighted by atomic mass is 35.5. The molecule has 0 atom stereocenters. The van der Waals surface area contributed by atoms with Crippen molar-refractivity contribution in [3.63, 3.8) is 0 Å². The van der Waals surface area contributed by atoms with Crippen molar-refractivity contribution in [2.24, 2.45) is 0 Å². The molecule has 18 heavy (non-hydrogen) atoms. The third-order valence-corrected chi connectivity index (χ3v) is 3.82. The van der Waals surface area contributed by atoms with Gasteiger partial charge in [-0.2, -0.15) is 0 Å². The minimum Gasteiger partial charge on any atom is -0.468 e. The van der Waals surface area contributed by atoms with E-state index in [2.05, 4.69) is 4.74 Å². The van der Waals surface area contributed by atoms with Gasteiger partial charge in [0.15, 0.2) is 0 Å². The van der Waals surface area contributed by atoms with E-state index in [1.165, 1.54) is 12.0 Å². The lowest BCUT2D eigenvalue weighted by molar-refractivity contribution is -0.137. The number of rotatable bonds is 3. The molecular weight excluding hydrogens is 297 g/mol. The monoisotopic (exact) mass is 307 g/mol. The molecule has 0 aromatic heterocycles. The molecule has 0 radical (unpaired) electrons. The maximum absolute atomic E-state index is 11.8. The Labute approximate surface area is 119 Å². The van der Waals surface area contributed by atoms with Crippen LogP contribution in [-0.2, 0) is 9.53 Å².